The summed E-state index contributed by atoms with van der Waals surface area (Å²) in [7, 11) is 0. The lowest BCUT2D eigenvalue weighted by molar-refractivity contribution is 0.0572. The lowest BCUT2D eigenvalue weighted by Gasteiger charge is -2.36. The van der Waals surface area contributed by atoms with Crippen LogP contribution in [0.3, 0.4) is 0 Å². The molecular weight excluding hydrogens is 228 g/mol. The van der Waals surface area contributed by atoms with Crippen LogP contribution in [0, 0.1) is 5.41 Å². The van der Waals surface area contributed by atoms with E-state index in [-0.39, 0.29) is 5.41 Å². The number of rotatable bonds is 7. The van der Waals surface area contributed by atoms with E-state index < -0.39 is 12.2 Å². The average molecular weight is 256 g/mol. The monoisotopic (exact) mass is 256 g/mol. The molecule has 2 rings (SSSR count). The summed E-state index contributed by atoms with van der Waals surface area (Å²) >= 11 is 0. The number of aliphatic hydroxyl groups excluding tert-OH is 2. The molecule has 0 spiro atoms. The quantitative estimate of drug-likeness (QED) is 0.624. The van der Waals surface area contributed by atoms with Gasteiger partial charge < -0.3 is 15.5 Å². The molecule has 0 aromatic rings. The highest BCUT2D eigenvalue weighted by Crippen LogP contribution is 2.30. The normalized spacial score (nSPS) is 30.0. The maximum Gasteiger partial charge on any atom is 0.0938 e. The molecule has 0 radical (unpaired) electrons. The first-order valence-corrected chi connectivity index (χ1v) is 7.40. The number of hydrogen-bond acceptors (Lipinski definition) is 4. The van der Waals surface area contributed by atoms with Crippen LogP contribution in [0.2, 0.25) is 0 Å². The van der Waals surface area contributed by atoms with Gasteiger partial charge in [0.2, 0.25) is 0 Å². The van der Waals surface area contributed by atoms with Gasteiger partial charge in [0.15, 0.2) is 0 Å². The van der Waals surface area contributed by atoms with Crippen LogP contribution in [0.4, 0.5) is 0 Å². The molecule has 2 aliphatic rings. The Kier molecular flexibility index (Phi) is 4.64. The van der Waals surface area contributed by atoms with E-state index in [2.05, 4.69) is 24.1 Å². The number of nitrogens with one attached hydrogen (secondary N) is 1. The van der Waals surface area contributed by atoms with E-state index >= 15 is 0 Å². The Morgan fingerprint density at radius 3 is 2.11 bits per heavy atom. The Balaban J connectivity index is 1.87. The second kappa shape index (κ2) is 5.87. The summed E-state index contributed by atoms with van der Waals surface area (Å²) in [4.78, 5) is 2.22. The highest BCUT2D eigenvalue weighted by Gasteiger charge is 2.36. The molecule has 1 heterocycles. The molecule has 2 atom stereocenters. The fourth-order valence-corrected chi connectivity index (χ4v) is 2.88. The van der Waals surface area contributed by atoms with E-state index in [4.69, 9.17) is 0 Å². The minimum atomic E-state index is -0.562. The molecule has 2 unspecified atom stereocenters. The van der Waals surface area contributed by atoms with E-state index in [1.165, 1.54) is 12.8 Å². The summed E-state index contributed by atoms with van der Waals surface area (Å²) in [5.74, 6) is 0. The minimum absolute atomic E-state index is 0.284. The van der Waals surface area contributed by atoms with Crippen molar-refractivity contribution in [2.24, 2.45) is 5.41 Å². The van der Waals surface area contributed by atoms with Crippen LogP contribution in [0.25, 0.3) is 0 Å². The van der Waals surface area contributed by atoms with Gasteiger partial charge in [0.1, 0.15) is 0 Å². The number of likely N-dealkylation sites (tertiary alicyclic amines) is 1. The van der Waals surface area contributed by atoms with E-state index in [1.54, 1.807) is 0 Å². The molecular formula is C14H28N2O2. The standard InChI is InChI=1S/C14H28N2O2/c1-3-14(4-2,9-15-11-5-6-11)10-16-7-12(17)13(18)8-16/h11-13,15,17-18H,3-10H2,1-2H3. The summed E-state index contributed by atoms with van der Waals surface area (Å²) in [5, 5.41) is 22.9. The Hall–Kier alpha value is -0.160. The molecule has 0 aromatic carbocycles. The highest BCUT2D eigenvalue weighted by atomic mass is 16.3. The first-order valence-electron chi connectivity index (χ1n) is 7.40. The van der Waals surface area contributed by atoms with Gasteiger partial charge in [-0.1, -0.05) is 13.8 Å². The predicted octanol–water partition coefficient (Wildman–Crippen LogP) is 0.582. The maximum absolute atomic E-state index is 9.63. The van der Waals surface area contributed by atoms with Crippen LogP contribution < -0.4 is 5.32 Å². The Morgan fingerprint density at radius 1 is 1.11 bits per heavy atom. The van der Waals surface area contributed by atoms with Gasteiger partial charge in [-0.15, -0.1) is 0 Å². The third kappa shape index (κ3) is 3.44. The van der Waals surface area contributed by atoms with Crippen LogP contribution in [0.15, 0.2) is 0 Å². The van der Waals surface area contributed by atoms with Gasteiger partial charge in [0.05, 0.1) is 12.2 Å². The minimum Gasteiger partial charge on any atom is -0.389 e. The topological polar surface area (TPSA) is 55.7 Å². The van der Waals surface area contributed by atoms with Crippen molar-refractivity contribution in [3.63, 3.8) is 0 Å². The fourth-order valence-electron chi connectivity index (χ4n) is 2.88. The van der Waals surface area contributed by atoms with Crippen molar-refractivity contribution in [3.8, 4) is 0 Å². The van der Waals surface area contributed by atoms with E-state index in [0.717, 1.165) is 32.0 Å². The smallest absolute Gasteiger partial charge is 0.0938 e. The molecule has 3 N–H and O–H groups in total. The van der Waals surface area contributed by atoms with E-state index in [9.17, 15) is 10.2 Å². The summed E-state index contributed by atoms with van der Waals surface area (Å²) in [5.41, 5.74) is 0.284. The number of hydrogen-bond donors (Lipinski definition) is 3. The van der Waals surface area contributed by atoms with Crippen LogP contribution in [-0.4, -0.2) is 59.5 Å². The van der Waals surface area contributed by atoms with Crippen LogP contribution in [-0.2, 0) is 0 Å². The zero-order valence-electron chi connectivity index (χ0n) is 11.7. The molecule has 0 amide bonds. The lowest BCUT2D eigenvalue weighted by Crippen LogP contribution is -2.43. The largest absolute Gasteiger partial charge is 0.389 e. The molecule has 4 nitrogen and oxygen atoms in total. The first kappa shape index (κ1) is 14.3. The van der Waals surface area contributed by atoms with Gasteiger partial charge in [-0.25, -0.2) is 0 Å². The molecule has 106 valence electrons. The van der Waals surface area contributed by atoms with Crippen molar-refractivity contribution >= 4 is 0 Å². The van der Waals surface area contributed by atoms with Gasteiger partial charge >= 0.3 is 0 Å². The van der Waals surface area contributed by atoms with Crippen molar-refractivity contribution in [2.45, 2.75) is 57.8 Å². The average Bonchev–Trinajstić information content (AvgIpc) is 3.13. The van der Waals surface area contributed by atoms with Gasteiger partial charge in [0.25, 0.3) is 0 Å². The van der Waals surface area contributed by atoms with E-state index in [0.29, 0.717) is 13.1 Å². The SMILES string of the molecule is CCC(CC)(CNC1CC1)CN1CC(O)C(O)C1. The number of nitrogens with zero attached hydrogens (tertiary/aromatic N) is 1. The second-order valence-corrected chi connectivity index (χ2v) is 6.19. The van der Waals surface area contributed by atoms with E-state index in [1.807, 2.05) is 0 Å². The zero-order chi connectivity index (χ0) is 13.2. The summed E-state index contributed by atoms with van der Waals surface area (Å²) in [6.07, 6.45) is 3.81. The predicted molar refractivity (Wildman–Crippen MR) is 72.5 cm³/mol. The lowest BCUT2D eigenvalue weighted by atomic mass is 9.81. The molecule has 1 saturated heterocycles. The molecule has 4 heteroatoms. The molecule has 18 heavy (non-hydrogen) atoms. The van der Waals surface area contributed by atoms with Gasteiger partial charge in [-0.3, -0.25) is 4.90 Å². The Morgan fingerprint density at radius 2 is 1.67 bits per heavy atom. The Labute approximate surface area is 110 Å². The van der Waals surface area contributed by atoms with Crippen LogP contribution in [0.1, 0.15) is 39.5 Å². The van der Waals surface area contributed by atoms with Gasteiger partial charge in [0, 0.05) is 32.2 Å². The second-order valence-electron chi connectivity index (χ2n) is 6.19. The molecule has 1 aliphatic heterocycles. The van der Waals surface area contributed by atoms with Crippen molar-refractivity contribution in [2.75, 3.05) is 26.2 Å². The van der Waals surface area contributed by atoms with Gasteiger partial charge in [-0.2, -0.15) is 0 Å². The summed E-state index contributed by atoms with van der Waals surface area (Å²) in [6.45, 7) is 7.78. The third-order valence-corrected chi connectivity index (χ3v) is 4.74. The first-order chi connectivity index (χ1) is 8.58. The number of β-amino-alcohol motifs (C(OH)–C–C–N with tert-alkyl or cyclic N) is 2. The molecule has 0 aromatic heterocycles. The molecule has 1 saturated carbocycles. The highest BCUT2D eigenvalue weighted by molar-refractivity contribution is 4.91. The zero-order valence-corrected chi connectivity index (χ0v) is 11.7. The number of aliphatic hydroxyl groups is 2. The molecule has 0 bridgehead atoms. The molecule has 2 fully saturated rings. The van der Waals surface area contributed by atoms with Crippen molar-refractivity contribution in [1.82, 2.24) is 10.2 Å². The Bertz CT molecular complexity index is 255. The van der Waals surface area contributed by atoms with Crippen molar-refractivity contribution in [3.05, 3.63) is 0 Å². The molecule has 1 aliphatic carbocycles. The van der Waals surface area contributed by atoms with Crippen LogP contribution >= 0.6 is 0 Å². The van der Waals surface area contributed by atoms with Crippen molar-refractivity contribution in [1.29, 1.82) is 0 Å². The summed E-state index contributed by atoms with van der Waals surface area (Å²) in [6, 6.07) is 0.747. The van der Waals surface area contributed by atoms with Crippen LogP contribution in [0.5, 0.6) is 0 Å². The fraction of sp³-hybridized carbons (Fsp3) is 1.00. The third-order valence-electron chi connectivity index (χ3n) is 4.74. The summed E-state index contributed by atoms with van der Waals surface area (Å²) < 4.78 is 0. The van der Waals surface area contributed by atoms with Crippen molar-refractivity contribution < 1.29 is 10.2 Å². The maximum atomic E-state index is 9.63. The van der Waals surface area contributed by atoms with Gasteiger partial charge in [-0.05, 0) is 31.1 Å².